The van der Waals surface area contributed by atoms with Crippen LogP contribution in [0.25, 0.3) is 22.3 Å². The van der Waals surface area contributed by atoms with Crippen LogP contribution in [-0.4, -0.2) is 35.2 Å². The predicted molar refractivity (Wildman–Crippen MR) is 134 cm³/mol. The molecule has 8 heteroatoms. The molecule has 1 N–H and O–H groups in total. The summed E-state index contributed by atoms with van der Waals surface area (Å²) in [6.07, 6.45) is 0. The molecule has 4 heterocycles. The minimum atomic E-state index is 0.491. The van der Waals surface area contributed by atoms with E-state index in [1.54, 1.807) is 0 Å². The summed E-state index contributed by atoms with van der Waals surface area (Å²) in [7, 11) is 0. The molecule has 0 unspecified atom stereocenters. The Morgan fingerprint density at radius 3 is 2.71 bits per heavy atom. The second kappa shape index (κ2) is 8.16. The minimum Gasteiger partial charge on any atom is -0.488 e. The van der Waals surface area contributed by atoms with E-state index in [0.29, 0.717) is 19.0 Å². The van der Waals surface area contributed by atoms with Crippen molar-refractivity contribution in [1.29, 1.82) is 0 Å². The highest BCUT2D eigenvalue weighted by Crippen LogP contribution is 2.41. The summed E-state index contributed by atoms with van der Waals surface area (Å²) in [5, 5.41) is 14.6. The number of aromatic amines is 1. The third-order valence-corrected chi connectivity index (χ3v) is 6.61. The number of hydrogen-bond donors (Lipinski definition) is 1. The maximum atomic E-state index is 6.35. The Kier molecular flexibility index (Phi) is 4.95. The highest BCUT2D eigenvalue weighted by atomic mass is 16.5. The average molecular weight is 464 g/mol. The van der Waals surface area contributed by atoms with Crippen LogP contribution in [0.15, 0.2) is 48.5 Å². The van der Waals surface area contributed by atoms with Gasteiger partial charge in [-0.2, -0.15) is 0 Å². The largest absolute Gasteiger partial charge is 0.488 e. The second-order valence-electron chi connectivity index (χ2n) is 9.02. The smallest absolute Gasteiger partial charge is 0.175 e. The number of H-pyrrole nitrogens is 1. The molecule has 2 aromatic carbocycles. The van der Waals surface area contributed by atoms with Crippen LogP contribution in [0, 0.1) is 20.8 Å². The SMILES string of the molecule is C/C(=C1\c2ccccc2COc2cc(Cn3c(C)nc4c(C)cc(C)nc43)ccc21)c1nnn[nH]1. The van der Waals surface area contributed by atoms with Gasteiger partial charge in [0.25, 0.3) is 0 Å². The molecule has 1 aliphatic rings. The highest BCUT2D eigenvalue weighted by Gasteiger charge is 2.23. The fourth-order valence-electron chi connectivity index (χ4n) is 4.91. The van der Waals surface area contributed by atoms with E-state index in [-0.39, 0.29) is 0 Å². The lowest BCUT2D eigenvalue weighted by Gasteiger charge is -2.15. The van der Waals surface area contributed by atoms with Gasteiger partial charge >= 0.3 is 0 Å². The monoisotopic (exact) mass is 463 g/mol. The zero-order valence-corrected chi connectivity index (χ0v) is 20.1. The molecule has 0 bridgehead atoms. The van der Waals surface area contributed by atoms with Gasteiger partial charge in [-0.05, 0) is 78.1 Å². The molecule has 0 saturated carbocycles. The highest BCUT2D eigenvalue weighted by molar-refractivity contribution is 5.99. The Morgan fingerprint density at radius 2 is 1.89 bits per heavy atom. The van der Waals surface area contributed by atoms with E-state index in [2.05, 4.69) is 68.5 Å². The van der Waals surface area contributed by atoms with Crippen LogP contribution in [0.4, 0.5) is 0 Å². The van der Waals surface area contributed by atoms with Crippen molar-refractivity contribution in [2.75, 3.05) is 0 Å². The van der Waals surface area contributed by atoms with Crippen LogP contribution in [0.3, 0.4) is 0 Å². The van der Waals surface area contributed by atoms with Crippen molar-refractivity contribution < 1.29 is 4.74 Å². The van der Waals surface area contributed by atoms with Gasteiger partial charge < -0.3 is 9.30 Å². The van der Waals surface area contributed by atoms with E-state index in [4.69, 9.17) is 14.7 Å². The molecule has 0 atom stereocenters. The lowest BCUT2D eigenvalue weighted by molar-refractivity contribution is 0.307. The fourth-order valence-corrected chi connectivity index (χ4v) is 4.91. The number of nitrogens with zero attached hydrogens (tertiary/aromatic N) is 6. The van der Waals surface area contributed by atoms with Crippen molar-refractivity contribution in [3.05, 3.63) is 93.7 Å². The number of aromatic nitrogens is 7. The third kappa shape index (κ3) is 3.58. The van der Waals surface area contributed by atoms with Crippen LogP contribution in [0.5, 0.6) is 5.75 Å². The topological polar surface area (TPSA) is 94.4 Å². The zero-order valence-electron chi connectivity index (χ0n) is 20.1. The molecule has 1 aliphatic heterocycles. The molecule has 0 spiro atoms. The third-order valence-electron chi connectivity index (χ3n) is 6.61. The standard InChI is InChI=1S/C27H25N7O/c1-15-11-16(2)28-27-25(15)29-18(4)34(27)13-19-9-10-22-23(12-19)35-14-20-7-5-6-8-21(20)24(22)17(3)26-30-32-33-31-26/h5-12H,13-14H2,1-4H3,(H,30,31,32,33)/b24-17-. The van der Waals surface area contributed by atoms with E-state index in [1.165, 1.54) is 0 Å². The van der Waals surface area contributed by atoms with Crippen molar-refractivity contribution in [2.45, 2.75) is 40.8 Å². The maximum Gasteiger partial charge on any atom is 0.175 e. The van der Waals surface area contributed by atoms with Crippen LogP contribution in [-0.2, 0) is 13.2 Å². The van der Waals surface area contributed by atoms with Crippen molar-refractivity contribution in [1.82, 2.24) is 35.2 Å². The van der Waals surface area contributed by atoms with Gasteiger partial charge in [-0.25, -0.2) is 15.1 Å². The molecule has 0 saturated heterocycles. The van der Waals surface area contributed by atoms with E-state index in [0.717, 1.165) is 67.4 Å². The van der Waals surface area contributed by atoms with Gasteiger partial charge in [-0.15, -0.1) is 5.10 Å². The first-order valence-corrected chi connectivity index (χ1v) is 11.6. The molecular weight excluding hydrogens is 438 g/mol. The number of nitrogens with one attached hydrogen (secondary N) is 1. The number of tetrazole rings is 1. The second-order valence-corrected chi connectivity index (χ2v) is 9.02. The lowest BCUT2D eigenvalue weighted by atomic mass is 9.90. The molecule has 3 aromatic heterocycles. The van der Waals surface area contributed by atoms with Crippen LogP contribution < -0.4 is 4.74 Å². The first-order chi connectivity index (χ1) is 17.0. The summed E-state index contributed by atoms with van der Waals surface area (Å²) in [6.45, 7) is 9.32. The predicted octanol–water partition coefficient (Wildman–Crippen LogP) is 4.79. The number of rotatable bonds is 3. The van der Waals surface area contributed by atoms with Crippen molar-refractivity contribution in [3.8, 4) is 5.75 Å². The van der Waals surface area contributed by atoms with Crippen LogP contribution in [0.2, 0.25) is 0 Å². The number of benzene rings is 2. The van der Waals surface area contributed by atoms with Crippen molar-refractivity contribution >= 4 is 22.3 Å². The van der Waals surface area contributed by atoms with Gasteiger partial charge in [0.2, 0.25) is 0 Å². The molecule has 6 rings (SSSR count). The molecule has 0 fully saturated rings. The van der Waals surface area contributed by atoms with Crippen LogP contribution in [0.1, 0.15) is 52.1 Å². The Labute approximate surface area is 202 Å². The van der Waals surface area contributed by atoms with Crippen LogP contribution >= 0.6 is 0 Å². The normalized spacial score (nSPS) is 14.3. The van der Waals surface area contributed by atoms with Crippen molar-refractivity contribution in [3.63, 3.8) is 0 Å². The van der Waals surface area contributed by atoms with Gasteiger partial charge in [0.05, 0.1) is 6.54 Å². The number of ether oxygens (including phenoxy) is 1. The van der Waals surface area contributed by atoms with Crippen molar-refractivity contribution in [2.24, 2.45) is 0 Å². The Bertz CT molecular complexity index is 1610. The van der Waals surface area contributed by atoms with Gasteiger partial charge in [0.1, 0.15) is 23.7 Å². The Hall–Kier alpha value is -4.33. The molecule has 0 amide bonds. The maximum absolute atomic E-state index is 6.35. The fraction of sp³-hybridized carbons (Fsp3) is 0.222. The van der Waals surface area contributed by atoms with E-state index in [9.17, 15) is 0 Å². The van der Waals surface area contributed by atoms with Gasteiger partial charge in [-0.1, -0.05) is 36.4 Å². The molecule has 35 heavy (non-hydrogen) atoms. The first kappa shape index (κ1) is 21.2. The minimum absolute atomic E-state index is 0.491. The Morgan fingerprint density at radius 1 is 1.03 bits per heavy atom. The summed E-state index contributed by atoms with van der Waals surface area (Å²) in [6, 6.07) is 16.8. The van der Waals surface area contributed by atoms with E-state index < -0.39 is 0 Å². The first-order valence-electron chi connectivity index (χ1n) is 11.6. The molecular formula is C27H25N7O. The molecule has 174 valence electrons. The lowest BCUT2D eigenvalue weighted by Crippen LogP contribution is -2.04. The van der Waals surface area contributed by atoms with Gasteiger partial charge in [0, 0.05) is 16.8 Å². The number of fused-ring (bicyclic) bond motifs is 3. The molecule has 5 aromatic rings. The van der Waals surface area contributed by atoms with Gasteiger partial charge in [-0.3, -0.25) is 0 Å². The number of hydrogen-bond acceptors (Lipinski definition) is 6. The number of aryl methyl sites for hydroxylation is 3. The zero-order chi connectivity index (χ0) is 24.1. The summed E-state index contributed by atoms with van der Waals surface area (Å²) in [4.78, 5) is 9.57. The summed E-state index contributed by atoms with van der Waals surface area (Å²) in [5.74, 6) is 2.42. The van der Waals surface area contributed by atoms with E-state index >= 15 is 0 Å². The van der Waals surface area contributed by atoms with Gasteiger partial charge in [0.15, 0.2) is 11.5 Å². The average Bonchev–Trinajstić information content (AvgIpc) is 3.45. The molecule has 8 nitrogen and oxygen atoms in total. The molecule has 0 radical (unpaired) electrons. The summed E-state index contributed by atoms with van der Waals surface area (Å²) >= 11 is 0. The van der Waals surface area contributed by atoms with E-state index in [1.807, 2.05) is 32.9 Å². The number of allylic oxidation sites excluding steroid dienone is 1. The number of pyridine rings is 1. The Balaban J connectivity index is 1.48. The molecule has 0 aliphatic carbocycles. The number of imidazole rings is 1. The summed E-state index contributed by atoms with van der Waals surface area (Å²) in [5.41, 5.74) is 10.4. The summed E-state index contributed by atoms with van der Waals surface area (Å²) < 4.78 is 8.52. The quantitative estimate of drug-likeness (QED) is 0.413.